The van der Waals surface area contributed by atoms with Crippen molar-refractivity contribution in [3.05, 3.63) is 34.3 Å². The molecule has 0 aliphatic heterocycles. The number of hydrogen-bond donors (Lipinski definition) is 1. The van der Waals surface area contributed by atoms with E-state index in [0.29, 0.717) is 5.56 Å². The molecule has 0 amide bonds. The van der Waals surface area contributed by atoms with E-state index >= 15 is 0 Å². The first-order chi connectivity index (χ1) is 7.22. The van der Waals surface area contributed by atoms with Crippen LogP contribution in [0.2, 0.25) is 0 Å². The van der Waals surface area contributed by atoms with Gasteiger partial charge in [-0.1, -0.05) is 34.1 Å². The van der Waals surface area contributed by atoms with Crippen LogP contribution in [0.3, 0.4) is 0 Å². The maximum absolute atomic E-state index is 11.1. The third-order valence-corrected chi connectivity index (χ3v) is 4.05. The van der Waals surface area contributed by atoms with Gasteiger partial charge < -0.3 is 5.11 Å². The smallest absolute Gasteiger partial charge is 0.147 e. The van der Waals surface area contributed by atoms with Crippen molar-refractivity contribution in [3.8, 4) is 0 Å². The number of hydrogen-bond acceptors (Lipinski definition) is 3. The van der Waals surface area contributed by atoms with Gasteiger partial charge in [-0.2, -0.15) is 0 Å². The molecule has 1 rings (SSSR count). The summed E-state index contributed by atoms with van der Waals surface area (Å²) in [6.07, 6.45) is 1.36. The lowest BCUT2D eigenvalue weighted by atomic mass is 9.93. The Hall–Kier alpha value is -0.390. The maximum Gasteiger partial charge on any atom is 0.147 e. The molecule has 0 aliphatic carbocycles. The van der Waals surface area contributed by atoms with Crippen LogP contribution >= 0.6 is 15.9 Å². The van der Waals surface area contributed by atoms with E-state index < -0.39 is 15.4 Å². The predicted molar refractivity (Wildman–Crippen MR) is 68.0 cm³/mol. The van der Waals surface area contributed by atoms with Gasteiger partial charge in [0.1, 0.15) is 9.84 Å². The molecule has 1 aromatic carbocycles. The van der Waals surface area contributed by atoms with Crippen molar-refractivity contribution < 1.29 is 13.5 Å². The molecule has 16 heavy (non-hydrogen) atoms. The lowest BCUT2D eigenvalue weighted by molar-refractivity contribution is 0.0531. The highest BCUT2D eigenvalue weighted by Gasteiger charge is 2.26. The highest BCUT2D eigenvalue weighted by atomic mass is 79.9. The first-order valence-electron chi connectivity index (χ1n) is 4.87. The van der Waals surface area contributed by atoms with Crippen LogP contribution in [0.25, 0.3) is 0 Å². The van der Waals surface area contributed by atoms with E-state index in [-0.39, 0.29) is 12.2 Å². The quantitative estimate of drug-likeness (QED) is 0.927. The van der Waals surface area contributed by atoms with Gasteiger partial charge in [0.2, 0.25) is 0 Å². The van der Waals surface area contributed by atoms with Crippen LogP contribution in [0.1, 0.15) is 18.9 Å². The van der Waals surface area contributed by atoms with Crippen LogP contribution in [0.4, 0.5) is 0 Å². The monoisotopic (exact) mass is 306 g/mol. The summed E-state index contributed by atoms with van der Waals surface area (Å²) in [5.41, 5.74) is -0.429. The van der Waals surface area contributed by atoms with Gasteiger partial charge in [-0.3, -0.25) is 0 Å². The van der Waals surface area contributed by atoms with Crippen LogP contribution < -0.4 is 0 Å². The Bertz CT molecular complexity index is 466. The summed E-state index contributed by atoms with van der Waals surface area (Å²) in [5.74, 6) is -0.0265. The Morgan fingerprint density at radius 1 is 1.38 bits per heavy atom. The number of rotatable bonds is 4. The predicted octanol–water partition coefficient (Wildman–Crippen LogP) is 2.09. The third-order valence-electron chi connectivity index (χ3n) is 2.41. The van der Waals surface area contributed by atoms with Crippen molar-refractivity contribution in [2.45, 2.75) is 18.9 Å². The molecule has 0 aliphatic rings. The third kappa shape index (κ3) is 3.88. The van der Waals surface area contributed by atoms with E-state index in [0.717, 1.165) is 4.47 Å². The summed E-state index contributed by atoms with van der Waals surface area (Å²) < 4.78 is 22.9. The van der Waals surface area contributed by atoms with Crippen molar-refractivity contribution in [2.24, 2.45) is 0 Å². The van der Waals surface area contributed by atoms with Crippen molar-refractivity contribution in [2.75, 3.05) is 12.0 Å². The first kappa shape index (κ1) is 13.7. The second-order valence-corrected chi connectivity index (χ2v) is 7.25. The summed E-state index contributed by atoms with van der Waals surface area (Å²) in [7, 11) is -3.05. The van der Waals surface area contributed by atoms with Crippen LogP contribution in [0.5, 0.6) is 0 Å². The molecule has 0 spiro atoms. The number of benzene rings is 1. The summed E-state index contributed by atoms with van der Waals surface area (Å²) in [6, 6.07) is 7.27. The molecule has 0 bridgehead atoms. The summed E-state index contributed by atoms with van der Waals surface area (Å²) in [5, 5.41) is 10.2. The summed E-state index contributed by atoms with van der Waals surface area (Å²) in [6.45, 7) is 1.62. The molecule has 0 aromatic heterocycles. The molecule has 1 unspecified atom stereocenters. The SMILES string of the molecule is CC(O)(CCS(C)(=O)=O)c1ccccc1Br. The molecule has 0 radical (unpaired) electrons. The molecule has 3 nitrogen and oxygen atoms in total. The Labute approximate surface area is 105 Å². The van der Waals surface area contributed by atoms with Crippen LogP contribution in [-0.4, -0.2) is 25.5 Å². The van der Waals surface area contributed by atoms with Crippen molar-refractivity contribution >= 4 is 25.8 Å². The molecular formula is C11H15BrO3S. The molecule has 0 fully saturated rings. The van der Waals surface area contributed by atoms with E-state index in [2.05, 4.69) is 15.9 Å². The Morgan fingerprint density at radius 2 is 1.94 bits per heavy atom. The normalized spacial score (nSPS) is 15.8. The van der Waals surface area contributed by atoms with E-state index in [1.54, 1.807) is 13.0 Å². The second-order valence-electron chi connectivity index (χ2n) is 4.13. The van der Waals surface area contributed by atoms with Crippen LogP contribution in [0.15, 0.2) is 28.7 Å². The Balaban J connectivity index is 2.90. The van der Waals surface area contributed by atoms with Gasteiger partial charge in [0.15, 0.2) is 0 Å². The summed E-state index contributed by atoms with van der Waals surface area (Å²) >= 11 is 3.34. The molecular weight excluding hydrogens is 292 g/mol. The lowest BCUT2D eigenvalue weighted by Gasteiger charge is -2.24. The number of halogens is 1. The highest BCUT2D eigenvalue weighted by Crippen LogP contribution is 2.30. The minimum absolute atomic E-state index is 0.0265. The minimum atomic E-state index is -3.05. The molecule has 1 atom stereocenters. The Morgan fingerprint density at radius 3 is 2.44 bits per heavy atom. The minimum Gasteiger partial charge on any atom is -0.385 e. The van der Waals surface area contributed by atoms with Gasteiger partial charge in [-0.15, -0.1) is 0 Å². The first-order valence-corrected chi connectivity index (χ1v) is 7.73. The van der Waals surface area contributed by atoms with Gasteiger partial charge in [0.05, 0.1) is 11.4 Å². The van der Waals surface area contributed by atoms with Gasteiger partial charge >= 0.3 is 0 Å². The van der Waals surface area contributed by atoms with Gasteiger partial charge in [-0.05, 0) is 25.0 Å². The van der Waals surface area contributed by atoms with E-state index in [4.69, 9.17) is 0 Å². The number of sulfone groups is 1. The largest absolute Gasteiger partial charge is 0.385 e. The molecule has 5 heteroatoms. The highest BCUT2D eigenvalue weighted by molar-refractivity contribution is 9.10. The maximum atomic E-state index is 11.1. The number of aliphatic hydroxyl groups is 1. The van der Waals surface area contributed by atoms with Crippen LogP contribution in [0, 0.1) is 0 Å². The fourth-order valence-corrected chi connectivity index (χ4v) is 2.90. The zero-order chi connectivity index (χ0) is 12.4. The summed E-state index contributed by atoms with van der Waals surface area (Å²) in [4.78, 5) is 0. The zero-order valence-electron chi connectivity index (χ0n) is 9.27. The molecule has 1 N–H and O–H groups in total. The molecule has 0 heterocycles. The fourth-order valence-electron chi connectivity index (χ4n) is 1.42. The van der Waals surface area contributed by atoms with Gasteiger partial charge in [-0.25, -0.2) is 8.42 Å². The molecule has 0 saturated carbocycles. The van der Waals surface area contributed by atoms with E-state index in [1.807, 2.05) is 18.2 Å². The topological polar surface area (TPSA) is 54.4 Å². The zero-order valence-corrected chi connectivity index (χ0v) is 11.7. The lowest BCUT2D eigenvalue weighted by Crippen LogP contribution is -2.25. The van der Waals surface area contributed by atoms with Gasteiger partial charge in [0, 0.05) is 10.7 Å². The van der Waals surface area contributed by atoms with Crippen molar-refractivity contribution in [1.82, 2.24) is 0 Å². The van der Waals surface area contributed by atoms with Crippen molar-refractivity contribution in [1.29, 1.82) is 0 Å². The van der Waals surface area contributed by atoms with E-state index in [9.17, 15) is 13.5 Å². The van der Waals surface area contributed by atoms with E-state index in [1.165, 1.54) is 6.26 Å². The average molecular weight is 307 g/mol. The van der Waals surface area contributed by atoms with Gasteiger partial charge in [0.25, 0.3) is 0 Å². The molecule has 90 valence electrons. The molecule has 0 saturated heterocycles. The molecule has 1 aromatic rings. The average Bonchev–Trinajstić information content (AvgIpc) is 2.14. The van der Waals surface area contributed by atoms with Crippen molar-refractivity contribution in [3.63, 3.8) is 0 Å². The Kier molecular flexibility index (Phi) is 4.15. The second kappa shape index (κ2) is 4.85. The fraction of sp³-hybridized carbons (Fsp3) is 0.455. The standard InChI is InChI=1S/C11H15BrO3S/c1-11(13,7-8-16(2,14)15)9-5-3-4-6-10(9)12/h3-6,13H,7-8H2,1-2H3. The van der Waals surface area contributed by atoms with Crippen LogP contribution in [-0.2, 0) is 15.4 Å².